The minimum atomic E-state index is -3.22. The van der Waals surface area contributed by atoms with E-state index in [0.717, 1.165) is 19.1 Å². The maximum absolute atomic E-state index is 12.4. The molecule has 22 heavy (non-hydrogen) atoms. The standard InChI is InChI=1S/C16H18NO3S2/c1-22(19,20)13-8-6-12(7-9-13)15(18)10-17-11-21-16-5-3-2-4-14(16)17/h6-9,11H,2-5,10H2,1H3/q+1. The number of aryl methyl sites for hydroxylation is 1. The minimum Gasteiger partial charge on any atom is -0.287 e. The number of carbonyl (C=O) groups excluding carboxylic acids is 1. The summed E-state index contributed by atoms with van der Waals surface area (Å²) in [5, 5.41) is 0. The van der Waals surface area contributed by atoms with Crippen LogP contribution >= 0.6 is 11.3 Å². The molecule has 1 aromatic carbocycles. The largest absolute Gasteiger partial charge is 0.287 e. The van der Waals surface area contributed by atoms with Crippen molar-refractivity contribution in [1.82, 2.24) is 0 Å². The molecule has 0 spiro atoms. The van der Waals surface area contributed by atoms with Crippen molar-refractivity contribution in [3.05, 3.63) is 45.9 Å². The monoisotopic (exact) mass is 336 g/mol. The topological polar surface area (TPSA) is 55.1 Å². The highest BCUT2D eigenvalue weighted by Gasteiger charge is 2.24. The molecule has 1 aliphatic carbocycles. The van der Waals surface area contributed by atoms with Crippen molar-refractivity contribution in [2.24, 2.45) is 0 Å². The molecule has 0 amide bonds. The van der Waals surface area contributed by atoms with Crippen molar-refractivity contribution in [3.63, 3.8) is 0 Å². The van der Waals surface area contributed by atoms with E-state index in [9.17, 15) is 13.2 Å². The quantitative estimate of drug-likeness (QED) is 0.635. The van der Waals surface area contributed by atoms with Crippen molar-refractivity contribution in [3.8, 4) is 0 Å². The van der Waals surface area contributed by atoms with Gasteiger partial charge < -0.3 is 0 Å². The third-order valence-corrected chi connectivity index (χ3v) is 6.19. The Morgan fingerprint density at radius 2 is 1.86 bits per heavy atom. The van der Waals surface area contributed by atoms with Crippen molar-refractivity contribution in [2.75, 3.05) is 6.26 Å². The Morgan fingerprint density at radius 1 is 1.18 bits per heavy atom. The molecule has 0 N–H and O–H groups in total. The number of Topliss-reactive ketones (excluding diaryl/α,β-unsaturated/α-hetero) is 1. The third-order valence-electron chi connectivity index (χ3n) is 3.98. The summed E-state index contributed by atoms with van der Waals surface area (Å²) in [5.41, 5.74) is 3.87. The van der Waals surface area contributed by atoms with E-state index in [1.165, 1.54) is 35.5 Å². The number of carbonyl (C=O) groups is 1. The lowest BCUT2D eigenvalue weighted by atomic mass is 10.0. The van der Waals surface area contributed by atoms with Gasteiger partial charge in [0.2, 0.25) is 17.8 Å². The van der Waals surface area contributed by atoms with Crippen LogP contribution in [0.5, 0.6) is 0 Å². The average Bonchev–Trinajstić information content (AvgIpc) is 2.90. The Labute approximate surface area is 134 Å². The molecule has 2 aromatic rings. The van der Waals surface area contributed by atoms with E-state index in [1.54, 1.807) is 23.5 Å². The van der Waals surface area contributed by atoms with Crippen LogP contribution in [0.15, 0.2) is 34.7 Å². The highest BCUT2D eigenvalue weighted by molar-refractivity contribution is 7.90. The first-order valence-corrected chi connectivity index (χ1v) is 10.0. The third kappa shape index (κ3) is 3.13. The van der Waals surface area contributed by atoms with Gasteiger partial charge in [-0.15, -0.1) is 0 Å². The number of thiazole rings is 1. The molecular weight excluding hydrogens is 318 g/mol. The van der Waals surface area contributed by atoms with Crippen molar-refractivity contribution in [2.45, 2.75) is 37.1 Å². The Morgan fingerprint density at radius 3 is 2.55 bits per heavy atom. The molecule has 1 aromatic heterocycles. The smallest absolute Gasteiger partial charge is 0.227 e. The van der Waals surface area contributed by atoms with Crippen LogP contribution in [0.4, 0.5) is 0 Å². The van der Waals surface area contributed by atoms with Crippen molar-refractivity contribution >= 4 is 27.0 Å². The second-order valence-corrected chi connectivity index (χ2v) is 8.60. The molecule has 6 heteroatoms. The lowest BCUT2D eigenvalue weighted by Gasteiger charge is -2.07. The number of nitrogens with zero attached hydrogens (tertiary/aromatic N) is 1. The van der Waals surface area contributed by atoms with Crippen molar-refractivity contribution in [1.29, 1.82) is 0 Å². The van der Waals surface area contributed by atoms with E-state index in [1.807, 2.05) is 10.1 Å². The van der Waals surface area contributed by atoms with Crippen LogP contribution in [0.25, 0.3) is 0 Å². The molecular formula is C16H18NO3S2+. The average molecular weight is 336 g/mol. The van der Waals surface area contributed by atoms with E-state index >= 15 is 0 Å². The van der Waals surface area contributed by atoms with Gasteiger partial charge in [-0.05, 0) is 43.5 Å². The molecule has 116 valence electrons. The number of aromatic nitrogens is 1. The lowest BCUT2D eigenvalue weighted by molar-refractivity contribution is -0.686. The molecule has 0 atom stereocenters. The van der Waals surface area contributed by atoms with Gasteiger partial charge in [-0.1, -0.05) is 11.3 Å². The fourth-order valence-electron chi connectivity index (χ4n) is 2.75. The number of rotatable bonds is 4. The van der Waals surface area contributed by atoms with E-state index < -0.39 is 9.84 Å². The maximum atomic E-state index is 12.4. The zero-order valence-corrected chi connectivity index (χ0v) is 14.0. The van der Waals surface area contributed by atoms with Crippen LogP contribution < -0.4 is 4.57 Å². The molecule has 0 bridgehead atoms. The van der Waals surface area contributed by atoms with Crippen LogP contribution in [0.2, 0.25) is 0 Å². The highest BCUT2D eigenvalue weighted by Crippen LogP contribution is 2.22. The van der Waals surface area contributed by atoms with E-state index in [-0.39, 0.29) is 10.7 Å². The second kappa shape index (κ2) is 5.93. The molecule has 1 aliphatic rings. The maximum Gasteiger partial charge on any atom is 0.227 e. The van der Waals surface area contributed by atoms with Crippen LogP contribution in [0.1, 0.15) is 33.8 Å². The minimum absolute atomic E-state index is 0.0104. The van der Waals surface area contributed by atoms with Gasteiger partial charge in [0.25, 0.3) is 0 Å². The summed E-state index contributed by atoms with van der Waals surface area (Å²) < 4.78 is 24.9. The summed E-state index contributed by atoms with van der Waals surface area (Å²) in [6.07, 6.45) is 5.73. The molecule has 0 saturated carbocycles. The lowest BCUT2D eigenvalue weighted by Crippen LogP contribution is -2.40. The van der Waals surface area contributed by atoms with Gasteiger partial charge in [-0.3, -0.25) is 4.79 Å². The fraction of sp³-hybridized carbons (Fsp3) is 0.375. The number of sulfone groups is 1. The normalized spacial score (nSPS) is 14.6. The first kappa shape index (κ1) is 15.4. The van der Waals surface area contributed by atoms with Gasteiger partial charge in [-0.2, -0.15) is 4.57 Å². The van der Waals surface area contributed by atoms with Crippen LogP contribution in [-0.2, 0) is 29.2 Å². The predicted molar refractivity (Wildman–Crippen MR) is 85.0 cm³/mol. The van der Waals surface area contributed by atoms with Gasteiger partial charge >= 0.3 is 0 Å². The van der Waals surface area contributed by atoms with Crippen LogP contribution in [-0.4, -0.2) is 20.5 Å². The first-order chi connectivity index (χ1) is 10.4. The molecule has 0 radical (unpaired) electrons. The summed E-state index contributed by atoms with van der Waals surface area (Å²) in [4.78, 5) is 14.0. The Kier molecular flexibility index (Phi) is 4.14. The number of benzene rings is 1. The second-order valence-electron chi connectivity index (χ2n) is 5.65. The predicted octanol–water partition coefficient (Wildman–Crippen LogP) is 2.20. The molecule has 0 saturated heterocycles. The zero-order valence-electron chi connectivity index (χ0n) is 12.4. The first-order valence-electron chi connectivity index (χ1n) is 7.27. The molecule has 0 unspecified atom stereocenters. The summed E-state index contributed by atoms with van der Waals surface area (Å²) in [7, 11) is -3.22. The summed E-state index contributed by atoms with van der Waals surface area (Å²) in [5.74, 6) is 0.0104. The Hall–Kier alpha value is -1.53. The molecule has 1 heterocycles. The number of hydrogen-bond donors (Lipinski definition) is 0. The zero-order chi connectivity index (χ0) is 15.7. The molecule has 0 aliphatic heterocycles. The van der Waals surface area contributed by atoms with Gasteiger partial charge in [0.05, 0.1) is 9.77 Å². The summed E-state index contributed by atoms with van der Waals surface area (Å²) in [6, 6.07) is 6.18. The summed E-state index contributed by atoms with van der Waals surface area (Å²) >= 11 is 1.73. The van der Waals surface area contributed by atoms with Gasteiger partial charge in [0, 0.05) is 18.2 Å². The Bertz CT molecular complexity index is 804. The Balaban J connectivity index is 1.79. The van der Waals surface area contributed by atoms with Crippen molar-refractivity contribution < 1.29 is 17.8 Å². The van der Waals surface area contributed by atoms with E-state index in [2.05, 4.69) is 0 Å². The number of hydrogen-bond acceptors (Lipinski definition) is 4. The van der Waals surface area contributed by atoms with E-state index in [0.29, 0.717) is 12.1 Å². The van der Waals surface area contributed by atoms with Gasteiger partial charge in [-0.25, -0.2) is 8.42 Å². The highest BCUT2D eigenvalue weighted by atomic mass is 32.2. The number of ketones is 1. The molecule has 3 rings (SSSR count). The van der Waals surface area contributed by atoms with Gasteiger partial charge in [0.15, 0.2) is 15.5 Å². The fourth-order valence-corrected chi connectivity index (χ4v) is 4.45. The van der Waals surface area contributed by atoms with Crippen LogP contribution in [0.3, 0.4) is 0 Å². The number of fused-ring (bicyclic) bond motifs is 1. The molecule has 0 fully saturated rings. The molecule has 4 nitrogen and oxygen atoms in total. The SMILES string of the molecule is CS(=O)(=O)c1ccc(C(=O)C[n+]2csc3c2CCCC3)cc1. The van der Waals surface area contributed by atoms with Crippen LogP contribution in [0, 0.1) is 0 Å². The summed E-state index contributed by atoms with van der Waals surface area (Å²) in [6.45, 7) is 0.323. The van der Waals surface area contributed by atoms with E-state index in [4.69, 9.17) is 0 Å². The van der Waals surface area contributed by atoms with Gasteiger partial charge in [0.1, 0.15) is 0 Å².